The van der Waals surface area contributed by atoms with Crippen LogP contribution in [-0.2, 0) is 15.5 Å². The number of hydrogen-bond acceptors (Lipinski definition) is 3. The molecule has 1 fully saturated rings. The summed E-state index contributed by atoms with van der Waals surface area (Å²) >= 11 is 1.06. The quantitative estimate of drug-likeness (QED) is 0.611. The van der Waals surface area contributed by atoms with Gasteiger partial charge in [-0.05, 0) is 51.5 Å². The van der Waals surface area contributed by atoms with E-state index >= 15 is 0 Å². The van der Waals surface area contributed by atoms with Crippen molar-refractivity contribution < 1.29 is 22.5 Å². The molecule has 0 N–H and O–H groups in total. The molecule has 0 unspecified atom stereocenters. The lowest BCUT2D eigenvalue weighted by molar-refractivity contribution is -0.139. The normalized spacial score (nSPS) is 20.9. The van der Waals surface area contributed by atoms with E-state index in [0.717, 1.165) is 17.8 Å². The SMILES string of the molecule is CSc1cc(B2OC(C)(C)C(C)(C)O2)ccc1C(F)(F)F. The monoisotopic (exact) mass is 318 g/mol. The van der Waals surface area contributed by atoms with Gasteiger partial charge in [0.15, 0.2) is 0 Å². The molecule has 2 nitrogen and oxygen atoms in total. The first-order chi connectivity index (χ1) is 9.48. The maximum absolute atomic E-state index is 12.9. The summed E-state index contributed by atoms with van der Waals surface area (Å²) in [7, 11) is -0.650. The fourth-order valence-corrected chi connectivity index (χ4v) is 2.73. The van der Waals surface area contributed by atoms with Crippen molar-refractivity contribution in [3.8, 4) is 0 Å². The number of alkyl halides is 3. The van der Waals surface area contributed by atoms with Gasteiger partial charge in [-0.1, -0.05) is 6.07 Å². The van der Waals surface area contributed by atoms with Crippen molar-refractivity contribution in [1.82, 2.24) is 0 Å². The molecule has 2 rings (SSSR count). The number of benzene rings is 1. The topological polar surface area (TPSA) is 18.5 Å². The van der Waals surface area contributed by atoms with Crippen molar-refractivity contribution in [3.63, 3.8) is 0 Å². The van der Waals surface area contributed by atoms with E-state index in [-0.39, 0.29) is 4.90 Å². The minimum atomic E-state index is -4.35. The predicted molar refractivity (Wildman–Crippen MR) is 78.9 cm³/mol. The zero-order valence-corrected chi connectivity index (χ0v) is 13.5. The summed E-state index contributed by atoms with van der Waals surface area (Å²) in [5.74, 6) is 0. The molecule has 0 bridgehead atoms. The summed E-state index contributed by atoms with van der Waals surface area (Å²) in [6.07, 6.45) is -2.73. The lowest BCUT2D eigenvalue weighted by atomic mass is 9.79. The van der Waals surface area contributed by atoms with E-state index in [0.29, 0.717) is 5.46 Å². The van der Waals surface area contributed by atoms with E-state index in [1.54, 1.807) is 6.26 Å². The zero-order valence-electron chi connectivity index (χ0n) is 12.7. The van der Waals surface area contributed by atoms with Gasteiger partial charge in [-0.25, -0.2) is 0 Å². The fraction of sp³-hybridized carbons (Fsp3) is 0.571. The highest BCUT2D eigenvalue weighted by Gasteiger charge is 2.51. The summed E-state index contributed by atoms with van der Waals surface area (Å²) in [4.78, 5) is 0.176. The van der Waals surface area contributed by atoms with Gasteiger partial charge in [-0.2, -0.15) is 13.2 Å². The molecule has 0 spiro atoms. The van der Waals surface area contributed by atoms with Crippen molar-refractivity contribution in [2.24, 2.45) is 0 Å². The van der Waals surface area contributed by atoms with Gasteiger partial charge in [0.25, 0.3) is 0 Å². The molecule has 7 heteroatoms. The Balaban J connectivity index is 2.36. The maximum Gasteiger partial charge on any atom is 0.494 e. The van der Waals surface area contributed by atoms with Gasteiger partial charge >= 0.3 is 13.3 Å². The third-order valence-corrected chi connectivity index (χ3v) is 4.83. The molecule has 0 amide bonds. The predicted octanol–water partition coefficient (Wildman–Crippen LogP) is 3.73. The second-order valence-electron chi connectivity index (χ2n) is 6.05. The minimum Gasteiger partial charge on any atom is -0.399 e. The molecule has 0 aromatic heterocycles. The van der Waals surface area contributed by atoms with E-state index in [1.165, 1.54) is 12.1 Å². The van der Waals surface area contributed by atoms with E-state index < -0.39 is 30.1 Å². The molecule has 0 atom stereocenters. The van der Waals surface area contributed by atoms with Crippen LogP contribution in [0.15, 0.2) is 23.1 Å². The molecule has 1 aromatic rings. The van der Waals surface area contributed by atoms with Gasteiger partial charge in [0, 0.05) is 4.90 Å². The first kappa shape index (κ1) is 16.7. The van der Waals surface area contributed by atoms with E-state index in [1.807, 2.05) is 27.7 Å². The highest BCUT2D eigenvalue weighted by Crippen LogP contribution is 2.38. The first-order valence-corrected chi connectivity index (χ1v) is 7.81. The Morgan fingerprint density at radius 3 is 2.00 bits per heavy atom. The highest BCUT2D eigenvalue weighted by atomic mass is 32.2. The summed E-state index contributed by atoms with van der Waals surface area (Å²) in [6, 6.07) is 4.01. The van der Waals surface area contributed by atoms with Crippen LogP contribution < -0.4 is 5.46 Å². The van der Waals surface area contributed by atoms with Gasteiger partial charge in [-0.3, -0.25) is 0 Å². The van der Waals surface area contributed by atoms with Crippen LogP contribution in [0.3, 0.4) is 0 Å². The number of thioether (sulfide) groups is 1. The Morgan fingerprint density at radius 2 is 1.57 bits per heavy atom. The van der Waals surface area contributed by atoms with E-state index in [4.69, 9.17) is 9.31 Å². The van der Waals surface area contributed by atoms with Crippen molar-refractivity contribution in [2.75, 3.05) is 6.26 Å². The largest absolute Gasteiger partial charge is 0.494 e. The van der Waals surface area contributed by atoms with Crippen LogP contribution in [0.2, 0.25) is 0 Å². The highest BCUT2D eigenvalue weighted by molar-refractivity contribution is 7.98. The van der Waals surface area contributed by atoms with Crippen molar-refractivity contribution in [3.05, 3.63) is 23.8 Å². The Bertz CT molecular complexity index is 528. The summed E-state index contributed by atoms with van der Waals surface area (Å²) in [5.41, 5.74) is -1.05. The van der Waals surface area contributed by atoms with Crippen LogP contribution >= 0.6 is 11.8 Å². The Kier molecular flexibility index (Phi) is 4.15. The second-order valence-corrected chi connectivity index (χ2v) is 6.89. The molecular formula is C14H18BF3O2S. The fourth-order valence-electron chi connectivity index (χ4n) is 2.07. The maximum atomic E-state index is 12.9. The second kappa shape index (κ2) is 5.21. The van der Waals surface area contributed by atoms with E-state index in [2.05, 4.69) is 0 Å². The molecule has 21 heavy (non-hydrogen) atoms. The average Bonchev–Trinajstić information content (AvgIpc) is 2.56. The van der Waals surface area contributed by atoms with Gasteiger partial charge < -0.3 is 9.31 Å². The van der Waals surface area contributed by atoms with Gasteiger partial charge in [-0.15, -0.1) is 11.8 Å². The molecular weight excluding hydrogens is 300 g/mol. The molecule has 1 aromatic carbocycles. The number of halogens is 3. The molecule has 116 valence electrons. The summed E-state index contributed by atoms with van der Waals surface area (Å²) < 4.78 is 50.5. The molecule has 1 aliphatic heterocycles. The number of hydrogen-bond donors (Lipinski definition) is 0. The summed E-state index contributed by atoms with van der Waals surface area (Å²) in [5, 5.41) is 0. The Labute approximate surface area is 127 Å². The van der Waals surface area contributed by atoms with Crippen LogP contribution in [0.1, 0.15) is 33.3 Å². The molecule has 0 radical (unpaired) electrons. The molecule has 0 aliphatic carbocycles. The average molecular weight is 318 g/mol. The lowest BCUT2D eigenvalue weighted by Crippen LogP contribution is -2.41. The smallest absolute Gasteiger partial charge is 0.399 e. The zero-order chi connectivity index (χ0) is 16.1. The van der Waals surface area contributed by atoms with Crippen LogP contribution in [-0.4, -0.2) is 24.6 Å². The third kappa shape index (κ3) is 3.10. The first-order valence-electron chi connectivity index (χ1n) is 6.59. The standard InChI is InChI=1S/C14H18BF3O2S/c1-12(2)13(3,4)20-15(19-12)9-6-7-10(14(16,17)18)11(8-9)21-5/h6-8H,1-5H3. The van der Waals surface area contributed by atoms with Crippen LogP contribution in [0, 0.1) is 0 Å². The Morgan fingerprint density at radius 1 is 1.05 bits per heavy atom. The third-order valence-electron chi connectivity index (χ3n) is 4.06. The van der Waals surface area contributed by atoms with Gasteiger partial charge in [0.2, 0.25) is 0 Å². The molecule has 0 saturated carbocycles. The summed E-state index contributed by atoms with van der Waals surface area (Å²) in [6.45, 7) is 7.64. The van der Waals surface area contributed by atoms with Crippen LogP contribution in [0.4, 0.5) is 13.2 Å². The number of rotatable bonds is 2. The minimum absolute atomic E-state index is 0.176. The van der Waals surface area contributed by atoms with Crippen LogP contribution in [0.25, 0.3) is 0 Å². The van der Waals surface area contributed by atoms with Crippen molar-refractivity contribution in [2.45, 2.75) is 50.0 Å². The molecule has 1 saturated heterocycles. The van der Waals surface area contributed by atoms with E-state index in [9.17, 15) is 13.2 Å². The van der Waals surface area contributed by atoms with Crippen LogP contribution in [0.5, 0.6) is 0 Å². The molecule has 1 aliphatic rings. The Hall–Kier alpha value is -0.655. The molecule has 1 heterocycles. The van der Waals surface area contributed by atoms with Crippen molar-refractivity contribution in [1.29, 1.82) is 0 Å². The van der Waals surface area contributed by atoms with Gasteiger partial charge in [0.1, 0.15) is 0 Å². The lowest BCUT2D eigenvalue weighted by Gasteiger charge is -2.32. The van der Waals surface area contributed by atoms with Gasteiger partial charge in [0.05, 0.1) is 16.8 Å². The van der Waals surface area contributed by atoms with Crippen molar-refractivity contribution >= 4 is 24.3 Å².